The van der Waals surface area contributed by atoms with Gasteiger partial charge >= 0.3 is 6.61 Å². The fraction of sp³-hybridized carbons (Fsp3) is 0.667. The van der Waals surface area contributed by atoms with Crippen LogP contribution in [0.25, 0.3) is 0 Å². The molecule has 29 heavy (non-hydrogen) atoms. The summed E-state index contributed by atoms with van der Waals surface area (Å²) in [6.45, 7) is 5.13. The van der Waals surface area contributed by atoms with Crippen LogP contribution >= 0.6 is 0 Å². The van der Waals surface area contributed by atoms with E-state index in [4.69, 9.17) is 14.5 Å². The van der Waals surface area contributed by atoms with Gasteiger partial charge in [0.25, 0.3) is 0 Å². The molecule has 8 heteroatoms. The standard InChI is InChI=1S/C21H33F2N3O3/c1-4-24-21(26(3)11-8-16-9-12-27-13-10-16)25-15-17-6-7-18(29-20(22)23)19(14-17)28-5-2/h6-7,14,16,20H,4-5,8-13,15H2,1-3H3,(H,24,25). The molecule has 1 aromatic rings. The Bertz CT molecular complexity index is 638. The summed E-state index contributed by atoms with van der Waals surface area (Å²) < 4.78 is 40.5. The summed E-state index contributed by atoms with van der Waals surface area (Å²) in [5, 5.41) is 3.31. The van der Waals surface area contributed by atoms with Gasteiger partial charge in [0, 0.05) is 33.4 Å². The molecule has 1 aliphatic rings. The number of ether oxygens (including phenoxy) is 3. The molecule has 1 saturated heterocycles. The lowest BCUT2D eigenvalue weighted by atomic mass is 9.96. The highest BCUT2D eigenvalue weighted by Crippen LogP contribution is 2.30. The molecule has 0 radical (unpaired) electrons. The highest BCUT2D eigenvalue weighted by atomic mass is 19.3. The van der Waals surface area contributed by atoms with E-state index in [0.717, 1.165) is 57.1 Å². The summed E-state index contributed by atoms with van der Waals surface area (Å²) >= 11 is 0. The Kier molecular flexibility index (Phi) is 9.97. The minimum atomic E-state index is -2.89. The quantitative estimate of drug-likeness (QED) is 0.466. The minimum absolute atomic E-state index is 0.0371. The SMILES string of the molecule is CCNC(=NCc1ccc(OC(F)F)c(OCC)c1)N(C)CCC1CCOCC1. The van der Waals surface area contributed by atoms with Crippen LogP contribution in [0.15, 0.2) is 23.2 Å². The molecule has 1 heterocycles. The Hall–Kier alpha value is -2.09. The highest BCUT2D eigenvalue weighted by Gasteiger charge is 2.16. The van der Waals surface area contributed by atoms with E-state index in [1.807, 2.05) is 14.0 Å². The first-order valence-corrected chi connectivity index (χ1v) is 10.3. The van der Waals surface area contributed by atoms with Crippen molar-refractivity contribution in [2.45, 2.75) is 46.3 Å². The van der Waals surface area contributed by atoms with Crippen LogP contribution in [0, 0.1) is 5.92 Å². The Morgan fingerprint density at radius 2 is 2.03 bits per heavy atom. The number of rotatable bonds is 10. The summed E-state index contributed by atoms with van der Waals surface area (Å²) in [6, 6.07) is 4.94. The van der Waals surface area contributed by atoms with E-state index in [2.05, 4.69) is 15.0 Å². The summed E-state index contributed by atoms with van der Waals surface area (Å²) in [5.74, 6) is 1.86. The van der Waals surface area contributed by atoms with E-state index in [-0.39, 0.29) is 5.75 Å². The summed E-state index contributed by atoms with van der Waals surface area (Å²) in [5.41, 5.74) is 0.864. The van der Waals surface area contributed by atoms with Crippen LogP contribution in [0.4, 0.5) is 8.78 Å². The molecule has 1 aliphatic heterocycles. The number of hydrogen-bond donors (Lipinski definition) is 1. The Balaban J connectivity index is 2.01. The molecule has 1 aromatic carbocycles. The first-order chi connectivity index (χ1) is 14.0. The third kappa shape index (κ3) is 8.04. The van der Waals surface area contributed by atoms with E-state index in [1.54, 1.807) is 19.1 Å². The Morgan fingerprint density at radius 1 is 1.28 bits per heavy atom. The largest absolute Gasteiger partial charge is 0.490 e. The van der Waals surface area contributed by atoms with Gasteiger partial charge in [-0.05, 0) is 56.7 Å². The van der Waals surface area contributed by atoms with E-state index >= 15 is 0 Å². The predicted octanol–water partition coefficient (Wildman–Crippen LogP) is 3.90. The van der Waals surface area contributed by atoms with Crippen molar-refractivity contribution in [3.05, 3.63) is 23.8 Å². The van der Waals surface area contributed by atoms with Crippen molar-refractivity contribution < 1.29 is 23.0 Å². The highest BCUT2D eigenvalue weighted by molar-refractivity contribution is 5.79. The van der Waals surface area contributed by atoms with Gasteiger partial charge in [-0.15, -0.1) is 0 Å². The summed E-state index contributed by atoms with van der Waals surface area (Å²) in [6.07, 6.45) is 3.35. The van der Waals surface area contributed by atoms with Gasteiger partial charge in [0.15, 0.2) is 17.5 Å². The summed E-state index contributed by atoms with van der Waals surface area (Å²) in [4.78, 5) is 6.84. The zero-order chi connectivity index (χ0) is 21.1. The molecule has 0 aromatic heterocycles. The molecule has 0 amide bonds. The maximum absolute atomic E-state index is 12.6. The van der Waals surface area contributed by atoms with Crippen LogP contribution in [0.5, 0.6) is 11.5 Å². The molecule has 0 bridgehead atoms. The maximum atomic E-state index is 12.6. The molecular weight excluding hydrogens is 380 g/mol. The number of hydrogen-bond acceptors (Lipinski definition) is 4. The van der Waals surface area contributed by atoms with E-state index in [9.17, 15) is 8.78 Å². The van der Waals surface area contributed by atoms with Gasteiger partial charge in [0.2, 0.25) is 0 Å². The molecule has 0 unspecified atom stereocenters. The van der Waals surface area contributed by atoms with Crippen molar-refractivity contribution in [3.63, 3.8) is 0 Å². The number of halogens is 2. The molecule has 0 atom stereocenters. The smallest absolute Gasteiger partial charge is 0.387 e. The van der Waals surface area contributed by atoms with Crippen LogP contribution in [-0.2, 0) is 11.3 Å². The van der Waals surface area contributed by atoms with Gasteiger partial charge < -0.3 is 24.4 Å². The van der Waals surface area contributed by atoms with Crippen molar-refractivity contribution in [2.24, 2.45) is 10.9 Å². The lowest BCUT2D eigenvalue weighted by Gasteiger charge is -2.27. The van der Waals surface area contributed by atoms with E-state index < -0.39 is 6.61 Å². The molecule has 0 spiro atoms. The van der Waals surface area contributed by atoms with Gasteiger partial charge in [-0.25, -0.2) is 4.99 Å². The average molecular weight is 414 g/mol. The third-order valence-electron chi connectivity index (χ3n) is 4.85. The molecule has 1 N–H and O–H groups in total. The average Bonchev–Trinajstić information content (AvgIpc) is 2.71. The van der Waals surface area contributed by atoms with Crippen LogP contribution in [0.2, 0.25) is 0 Å². The molecule has 0 aliphatic carbocycles. The topological polar surface area (TPSA) is 55.3 Å². The molecule has 0 saturated carbocycles. The normalized spacial score (nSPS) is 15.4. The van der Waals surface area contributed by atoms with Crippen LogP contribution in [0.3, 0.4) is 0 Å². The predicted molar refractivity (Wildman–Crippen MR) is 110 cm³/mol. The second kappa shape index (κ2) is 12.5. The zero-order valence-electron chi connectivity index (χ0n) is 17.6. The number of guanidine groups is 1. The Labute approximate surface area is 172 Å². The second-order valence-electron chi connectivity index (χ2n) is 7.03. The van der Waals surface area contributed by atoms with Crippen LogP contribution in [0.1, 0.15) is 38.7 Å². The molecule has 2 rings (SSSR count). The molecule has 6 nitrogen and oxygen atoms in total. The van der Waals surface area contributed by atoms with Gasteiger partial charge in [-0.1, -0.05) is 6.07 Å². The van der Waals surface area contributed by atoms with Gasteiger partial charge in [-0.3, -0.25) is 0 Å². The van der Waals surface area contributed by atoms with Gasteiger partial charge in [0.05, 0.1) is 13.2 Å². The van der Waals surface area contributed by atoms with Crippen molar-refractivity contribution in [3.8, 4) is 11.5 Å². The summed E-state index contributed by atoms with van der Waals surface area (Å²) in [7, 11) is 2.03. The van der Waals surface area contributed by atoms with E-state index in [0.29, 0.717) is 24.8 Å². The minimum Gasteiger partial charge on any atom is -0.490 e. The number of aliphatic imine (C=N–C) groups is 1. The third-order valence-corrected chi connectivity index (χ3v) is 4.85. The van der Waals surface area contributed by atoms with Crippen LogP contribution < -0.4 is 14.8 Å². The van der Waals surface area contributed by atoms with Crippen LogP contribution in [-0.4, -0.2) is 57.4 Å². The van der Waals surface area contributed by atoms with Gasteiger partial charge in [-0.2, -0.15) is 8.78 Å². The van der Waals surface area contributed by atoms with Crippen molar-refractivity contribution in [2.75, 3.05) is 40.0 Å². The van der Waals surface area contributed by atoms with Gasteiger partial charge in [0.1, 0.15) is 0 Å². The number of alkyl halides is 2. The lowest BCUT2D eigenvalue weighted by Crippen LogP contribution is -2.40. The lowest BCUT2D eigenvalue weighted by molar-refractivity contribution is -0.0514. The monoisotopic (exact) mass is 413 g/mol. The Morgan fingerprint density at radius 3 is 2.69 bits per heavy atom. The number of nitrogens with zero attached hydrogens (tertiary/aromatic N) is 2. The first-order valence-electron chi connectivity index (χ1n) is 10.3. The molecule has 1 fully saturated rings. The molecular formula is C21H33F2N3O3. The molecule has 164 valence electrons. The second-order valence-corrected chi connectivity index (χ2v) is 7.03. The maximum Gasteiger partial charge on any atom is 0.387 e. The zero-order valence-corrected chi connectivity index (χ0v) is 17.6. The fourth-order valence-corrected chi connectivity index (χ4v) is 3.27. The van der Waals surface area contributed by atoms with Crippen molar-refractivity contribution in [1.29, 1.82) is 0 Å². The van der Waals surface area contributed by atoms with Crippen molar-refractivity contribution >= 4 is 5.96 Å². The van der Waals surface area contributed by atoms with E-state index in [1.165, 1.54) is 6.07 Å². The first kappa shape index (κ1) is 23.2. The van der Waals surface area contributed by atoms with Crippen molar-refractivity contribution in [1.82, 2.24) is 10.2 Å². The fourth-order valence-electron chi connectivity index (χ4n) is 3.27. The number of benzene rings is 1. The number of nitrogens with one attached hydrogen (secondary N) is 1.